The molecule has 1 heterocycles. The second-order valence-corrected chi connectivity index (χ2v) is 5.29. The first-order valence-electron chi connectivity index (χ1n) is 5.82. The molecule has 2 nitrogen and oxygen atoms in total. The Morgan fingerprint density at radius 3 is 2.54 bits per heavy atom. The molecule has 1 aliphatic heterocycles. The van der Waals surface area contributed by atoms with Crippen LogP contribution in [0.3, 0.4) is 0 Å². The smallest absolute Gasteiger partial charge is 0.0180 e. The Hall–Kier alpha value is -0.0800. The Labute approximate surface area is 80.5 Å². The van der Waals surface area contributed by atoms with E-state index in [9.17, 15) is 0 Å². The van der Waals surface area contributed by atoms with Crippen LogP contribution in [-0.2, 0) is 0 Å². The second-order valence-electron chi connectivity index (χ2n) is 5.29. The predicted octanol–water partition coefficient (Wildman–Crippen LogP) is 1.21. The maximum atomic E-state index is 5.95. The number of nitrogens with two attached hydrogens (primary N) is 1. The summed E-state index contributed by atoms with van der Waals surface area (Å²) in [5.41, 5.74) is 5.95. The topological polar surface area (TPSA) is 29.3 Å². The minimum atomic E-state index is 0.471. The minimum absolute atomic E-state index is 0.471. The molecule has 0 aromatic carbocycles. The van der Waals surface area contributed by atoms with E-state index in [0.717, 1.165) is 17.9 Å². The summed E-state index contributed by atoms with van der Waals surface area (Å²) in [5, 5.41) is 0. The molecule has 0 spiro atoms. The Balaban J connectivity index is 1.66. The molecule has 2 aliphatic carbocycles. The molecular formula is C11H20N2. The van der Waals surface area contributed by atoms with Gasteiger partial charge in [0.1, 0.15) is 0 Å². The fourth-order valence-corrected chi connectivity index (χ4v) is 3.78. The van der Waals surface area contributed by atoms with Crippen molar-refractivity contribution >= 4 is 0 Å². The van der Waals surface area contributed by atoms with E-state index in [2.05, 4.69) is 4.90 Å². The largest absolute Gasteiger partial charge is 0.326 e. The van der Waals surface area contributed by atoms with Gasteiger partial charge in [-0.1, -0.05) is 6.42 Å². The number of nitrogens with zero attached hydrogens (tertiary/aromatic N) is 1. The molecule has 2 N–H and O–H groups in total. The Kier molecular flexibility index (Phi) is 1.88. The van der Waals surface area contributed by atoms with Gasteiger partial charge in [-0.05, 0) is 37.5 Å². The van der Waals surface area contributed by atoms with Crippen molar-refractivity contribution in [3.63, 3.8) is 0 Å². The van der Waals surface area contributed by atoms with E-state index in [1.807, 2.05) is 0 Å². The average Bonchev–Trinajstić information content (AvgIpc) is 2.77. The summed E-state index contributed by atoms with van der Waals surface area (Å²) in [6, 6.07) is 1.39. The van der Waals surface area contributed by atoms with Gasteiger partial charge in [-0.3, -0.25) is 4.90 Å². The predicted molar refractivity (Wildman–Crippen MR) is 53.4 cm³/mol. The van der Waals surface area contributed by atoms with Gasteiger partial charge in [-0.25, -0.2) is 0 Å². The molecule has 4 atom stereocenters. The zero-order valence-corrected chi connectivity index (χ0v) is 8.28. The van der Waals surface area contributed by atoms with Crippen molar-refractivity contribution in [1.82, 2.24) is 4.90 Å². The zero-order chi connectivity index (χ0) is 8.84. The van der Waals surface area contributed by atoms with Gasteiger partial charge in [0.05, 0.1) is 0 Å². The van der Waals surface area contributed by atoms with Crippen molar-refractivity contribution in [2.45, 2.75) is 44.2 Å². The molecular weight excluding hydrogens is 160 g/mol. The number of hydrogen-bond acceptors (Lipinski definition) is 2. The molecule has 13 heavy (non-hydrogen) atoms. The van der Waals surface area contributed by atoms with Gasteiger partial charge >= 0.3 is 0 Å². The summed E-state index contributed by atoms with van der Waals surface area (Å²) < 4.78 is 0. The Bertz CT molecular complexity index is 204. The van der Waals surface area contributed by atoms with E-state index < -0.39 is 0 Å². The molecule has 74 valence electrons. The van der Waals surface area contributed by atoms with Gasteiger partial charge in [0.15, 0.2) is 0 Å². The van der Waals surface area contributed by atoms with Crippen molar-refractivity contribution in [2.75, 3.05) is 13.1 Å². The molecule has 3 fully saturated rings. The molecule has 2 saturated carbocycles. The van der Waals surface area contributed by atoms with Crippen LogP contribution in [0.15, 0.2) is 0 Å². The van der Waals surface area contributed by atoms with Crippen LogP contribution in [0, 0.1) is 11.8 Å². The Morgan fingerprint density at radius 1 is 1.08 bits per heavy atom. The highest BCUT2D eigenvalue weighted by molar-refractivity contribution is 4.97. The van der Waals surface area contributed by atoms with Crippen molar-refractivity contribution in [2.24, 2.45) is 17.6 Å². The van der Waals surface area contributed by atoms with Crippen molar-refractivity contribution in [3.05, 3.63) is 0 Å². The molecule has 2 bridgehead atoms. The Morgan fingerprint density at radius 2 is 2.00 bits per heavy atom. The number of rotatable bonds is 1. The molecule has 0 aromatic heterocycles. The second kappa shape index (κ2) is 2.96. The summed E-state index contributed by atoms with van der Waals surface area (Å²) in [5.74, 6) is 2.11. The third-order valence-corrected chi connectivity index (χ3v) is 4.43. The van der Waals surface area contributed by atoms with Gasteiger partial charge in [0.2, 0.25) is 0 Å². The first-order valence-corrected chi connectivity index (χ1v) is 5.82. The van der Waals surface area contributed by atoms with Crippen LogP contribution in [0.25, 0.3) is 0 Å². The molecule has 3 aliphatic rings. The van der Waals surface area contributed by atoms with E-state index in [4.69, 9.17) is 5.73 Å². The van der Waals surface area contributed by atoms with Crippen LogP contribution in [-0.4, -0.2) is 30.1 Å². The van der Waals surface area contributed by atoms with Crippen molar-refractivity contribution in [3.8, 4) is 0 Å². The lowest BCUT2D eigenvalue weighted by Crippen LogP contribution is -2.38. The van der Waals surface area contributed by atoms with Crippen LogP contribution in [0.5, 0.6) is 0 Å². The van der Waals surface area contributed by atoms with Crippen LogP contribution >= 0.6 is 0 Å². The van der Waals surface area contributed by atoms with E-state index in [1.54, 1.807) is 0 Å². The first kappa shape index (κ1) is 8.25. The van der Waals surface area contributed by atoms with Gasteiger partial charge < -0.3 is 5.73 Å². The lowest BCUT2D eigenvalue weighted by molar-refractivity contribution is 0.174. The highest BCUT2D eigenvalue weighted by atomic mass is 15.2. The van der Waals surface area contributed by atoms with E-state index >= 15 is 0 Å². The quantitative estimate of drug-likeness (QED) is 0.657. The van der Waals surface area contributed by atoms with Gasteiger partial charge in [0, 0.05) is 25.2 Å². The van der Waals surface area contributed by atoms with Crippen LogP contribution < -0.4 is 5.73 Å². The van der Waals surface area contributed by atoms with E-state index in [1.165, 1.54) is 45.2 Å². The van der Waals surface area contributed by atoms with E-state index in [0.29, 0.717) is 6.04 Å². The average molecular weight is 180 g/mol. The lowest BCUT2D eigenvalue weighted by atomic mass is 9.94. The molecule has 1 saturated heterocycles. The number of fused-ring (bicyclic) bond motifs is 2. The van der Waals surface area contributed by atoms with Crippen molar-refractivity contribution in [1.29, 1.82) is 0 Å². The third-order valence-electron chi connectivity index (χ3n) is 4.43. The van der Waals surface area contributed by atoms with Gasteiger partial charge in [0.25, 0.3) is 0 Å². The fraction of sp³-hybridized carbons (Fsp3) is 1.00. The van der Waals surface area contributed by atoms with Crippen LogP contribution in [0.2, 0.25) is 0 Å². The normalized spacial score (nSPS) is 50.5. The molecule has 0 radical (unpaired) electrons. The molecule has 3 rings (SSSR count). The molecule has 2 heteroatoms. The standard InChI is InChI=1S/C11H20N2/c12-10-3-4-13(7-10)11-6-8-1-2-9(11)5-8/h8-11H,1-7,12H2/t8?,9?,10-,11?/m0/s1. The van der Waals surface area contributed by atoms with Gasteiger partial charge in [-0.2, -0.15) is 0 Å². The summed E-state index contributed by atoms with van der Waals surface area (Å²) >= 11 is 0. The molecule has 0 amide bonds. The minimum Gasteiger partial charge on any atom is -0.326 e. The highest BCUT2D eigenvalue weighted by Gasteiger charge is 2.43. The first-order chi connectivity index (χ1) is 6.33. The summed E-state index contributed by atoms with van der Waals surface area (Å²) in [7, 11) is 0. The highest BCUT2D eigenvalue weighted by Crippen LogP contribution is 2.47. The molecule has 3 unspecified atom stereocenters. The third kappa shape index (κ3) is 1.31. The summed E-state index contributed by atoms with van der Waals surface area (Å²) in [6.07, 6.45) is 7.25. The number of hydrogen-bond donors (Lipinski definition) is 1. The maximum absolute atomic E-state index is 5.95. The van der Waals surface area contributed by atoms with Crippen LogP contribution in [0.1, 0.15) is 32.1 Å². The monoisotopic (exact) mass is 180 g/mol. The molecule has 0 aromatic rings. The summed E-state index contributed by atoms with van der Waals surface area (Å²) in [4.78, 5) is 2.68. The van der Waals surface area contributed by atoms with Crippen molar-refractivity contribution < 1.29 is 0 Å². The number of likely N-dealkylation sites (tertiary alicyclic amines) is 1. The summed E-state index contributed by atoms with van der Waals surface area (Å²) in [6.45, 7) is 2.45. The fourth-order valence-electron chi connectivity index (χ4n) is 3.78. The SMILES string of the molecule is N[C@H]1CCN(C2CC3CCC2C3)C1. The van der Waals surface area contributed by atoms with Crippen LogP contribution in [0.4, 0.5) is 0 Å². The van der Waals surface area contributed by atoms with E-state index in [-0.39, 0.29) is 0 Å². The zero-order valence-electron chi connectivity index (χ0n) is 8.28. The maximum Gasteiger partial charge on any atom is 0.0180 e. The lowest BCUT2D eigenvalue weighted by Gasteiger charge is -2.31. The van der Waals surface area contributed by atoms with Gasteiger partial charge in [-0.15, -0.1) is 0 Å².